The van der Waals surface area contributed by atoms with Gasteiger partial charge in [0.05, 0.1) is 17.1 Å². The highest BCUT2D eigenvalue weighted by molar-refractivity contribution is 5.90. The first kappa shape index (κ1) is 16.9. The van der Waals surface area contributed by atoms with E-state index in [0.29, 0.717) is 31.0 Å². The quantitative estimate of drug-likeness (QED) is 0.413. The predicted octanol–water partition coefficient (Wildman–Crippen LogP) is 2.83. The third kappa shape index (κ3) is 5.03. The van der Waals surface area contributed by atoms with Crippen LogP contribution in [0.5, 0.6) is 0 Å². The van der Waals surface area contributed by atoms with Gasteiger partial charge in [0.25, 0.3) is 5.69 Å². The number of benzene rings is 1. The minimum absolute atomic E-state index is 0.110. The van der Waals surface area contributed by atoms with Crippen molar-refractivity contribution < 1.29 is 19.6 Å². The fraction of sp³-hybridized carbons (Fsp3) is 0.500. The molecule has 0 saturated heterocycles. The number of hydrogen-bond acceptors (Lipinski definition) is 5. The molecule has 0 bridgehead atoms. The van der Waals surface area contributed by atoms with Gasteiger partial charge in [0.1, 0.15) is 0 Å². The Morgan fingerprint density at radius 3 is 2.71 bits per heavy atom. The number of nitro benzene ring substituents is 1. The maximum absolute atomic E-state index is 11.0. The van der Waals surface area contributed by atoms with E-state index in [9.17, 15) is 14.9 Å². The van der Waals surface area contributed by atoms with Gasteiger partial charge in [-0.1, -0.05) is 13.3 Å². The Balaban J connectivity index is 2.76. The number of aromatic carboxylic acids is 1. The molecule has 0 atom stereocenters. The van der Waals surface area contributed by atoms with Crippen molar-refractivity contribution >= 4 is 17.3 Å². The molecule has 0 unspecified atom stereocenters. The zero-order valence-electron chi connectivity index (χ0n) is 12.2. The fourth-order valence-electron chi connectivity index (χ4n) is 1.80. The SMILES string of the molecule is CCCCOCCNc1cc(C(=O)O)cc([N+](=O)[O-])c1C. The van der Waals surface area contributed by atoms with Gasteiger partial charge in [-0.2, -0.15) is 0 Å². The summed E-state index contributed by atoms with van der Waals surface area (Å²) in [6.07, 6.45) is 2.04. The van der Waals surface area contributed by atoms with Gasteiger partial charge in [-0.25, -0.2) is 4.79 Å². The second kappa shape index (κ2) is 8.21. The molecule has 1 aromatic rings. The number of nitro groups is 1. The Bertz CT molecular complexity index is 516. The van der Waals surface area contributed by atoms with E-state index in [2.05, 4.69) is 12.2 Å². The average molecular weight is 296 g/mol. The molecule has 0 spiro atoms. The topological polar surface area (TPSA) is 102 Å². The first-order valence-corrected chi connectivity index (χ1v) is 6.81. The van der Waals surface area contributed by atoms with Crippen molar-refractivity contribution in [2.45, 2.75) is 26.7 Å². The molecule has 0 aromatic heterocycles. The highest BCUT2D eigenvalue weighted by Gasteiger charge is 2.18. The number of ether oxygens (including phenoxy) is 1. The monoisotopic (exact) mass is 296 g/mol. The van der Waals surface area contributed by atoms with E-state index in [0.717, 1.165) is 18.9 Å². The van der Waals surface area contributed by atoms with Crippen LogP contribution in [0.4, 0.5) is 11.4 Å². The molecular formula is C14H20N2O5. The number of unbranched alkanes of at least 4 members (excludes halogenated alkanes) is 1. The number of carboxylic acid groups (broad SMARTS) is 1. The second-order valence-corrected chi connectivity index (χ2v) is 4.62. The van der Waals surface area contributed by atoms with Crippen LogP contribution in [0, 0.1) is 17.0 Å². The first-order valence-electron chi connectivity index (χ1n) is 6.81. The van der Waals surface area contributed by atoms with Gasteiger partial charge >= 0.3 is 5.97 Å². The van der Waals surface area contributed by atoms with Crippen LogP contribution in [0.2, 0.25) is 0 Å². The minimum atomic E-state index is -1.19. The largest absolute Gasteiger partial charge is 0.478 e. The fourth-order valence-corrected chi connectivity index (χ4v) is 1.80. The molecule has 1 aromatic carbocycles. The van der Waals surface area contributed by atoms with E-state index in [-0.39, 0.29) is 11.3 Å². The lowest BCUT2D eigenvalue weighted by molar-refractivity contribution is -0.385. The zero-order valence-corrected chi connectivity index (χ0v) is 12.2. The highest BCUT2D eigenvalue weighted by Crippen LogP contribution is 2.27. The first-order chi connectivity index (χ1) is 9.97. The Morgan fingerprint density at radius 1 is 1.43 bits per heavy atom. The van der Waals surface area contributed by atoms with Crippen LogP contribution in [0.15, 0.2) is 12.1 Å². The lowest BCUT2D eigenvalue weighted by atomic mass is 10.1. The van der Waals surface area contributed by atoms with E-state index >= 15 is 0 Å². The number of hydrogen-bond donors (Lipinski definition) is 2. The zero-order chi connectivity index (χ0) is 15.8. The summed E-state index contributed by atoms with van der Waals surface area (Å²) < 4.78 is 5.38. The van der Waals surface area contributed by atoms with Crippen molar-refractivity contribution in [1.29, 1.82) is 0 Å². The molecule has 1 rings (SSSR count). The van der Waals surface area contributed by atoms with Crippen LogP contribution in [-0.4, -0.2) is 35.8 Å². The number of carbonyl (C=O) groups is 1. The van der Waals surface area contributed by atoms with Crippen molar-refractivity contribution in [3.8, 4) is 0 Å². The van der Waals surface area contributed by atoms with Crippen LogP contribution in [-0.2, 0) is 4.74 Å². The number of nitrogens with one attached hydrogen (secondary N) is 1. The molecule has 0 fully saturated rings. The molecule has 0 amide bonds. The van der Waals surface area contributed by atoms with Crippen LogP contribution in [0.25, 0.3) is 0 Å². The van der Waals surface area contributed by atoms with Gasteiger partial charge in [-0.3, -0.25) is 10.1 Å². The molecule has 0 saturated carbocycles. The summed E-state index contributed by atoms with van der Waals surface area (Å²) in [7, 11) is 0. The van der Waals surface area contributed by atoms with Crippen molar-refractivity contribution in [2.75, 3.05) is 25.1 Å². The van der Waals surface area contributed by atoms with Crippen LogP contribution in [0.3, 0.4) is 0 Å². The van der Waals surface area contributed by atoms with Crippen LogP contribution >= 0.6 is 0 Å². The molecule has 7 heteroatoms. The van der Waals surface area contributed by atoms with E-state index < -0.39 is 10.9 Å². The molecule has 0 aliphatic carbocycles. The van der Waals surface area contributed by atoms with E-state index in [4.69, 9.17) is 9.84 Å². The van der Waals surface area contributed by atoms with E-state index in [1.54, 1.807) is 6.92 Å². The summed E-state index contributed by atoms with van der Waals surface area (Å²) in [5, 5.41) is 22.9. The summed E-state index contributed by atoms with van der Waals surface area (Å²) >= 11 is 0. The number of carboxylic acids is 1. The van der Waals surface area contributed by atoms with Crippen LogP contribution < -0.4 is 5.32 Å². The average Bonchev–Trinajstić information content (AvgIpc) is 2.43. The molecule has 2 N–H and O–H groups in total. The third-order valence-corrected chi connectivity index (χ3v) is 3.03. The highest BCUT2D eigenvalue weighted by atomic mass is 16.6. The molecule has 0 aliphatic heterocycles. The van der Waals surface area contributed by atoms with Crippen molar-refractivity contribution in [3.05, 3.63) is 33.4 Å². The van der Waals surface area contributed by atoms with Gasteiger partial charge in [-0.05, 0) is 19.4 Å². The Labute approximate surface area is 123 Å². The molecule has 116 valence electrons. The predicted molar refractivity (Wildman–Crippen MR) is 79.0 cm³/mol. The smallest absolute Gasteiger partial charge is 0.336 e. The summed E-state index contributed by atoms with van der Waals surface area (Å²) in [5.74, 6) is -1.19. The van der Waals surface area contributed by atoms with Gasteiger partial charge in [-0.15, -0.1) is 0 Å². The Morgan fingerprint density at radius 2 is 2.14 bits per heavy atom. The summed E-state index contributed by atoms with van der Waals surface area (Å²) in [6.45, 7) is 5.26. The van der Waals surface area contributed by atoms with E-state index in [1.165, 1.54) is 6.07 Å². The Hall–Kier alpha value is -2.15. The number of rotatable bonds is 9. The van der Waals surface area contributed by atoms with Crippen LogP contribution in [0.1, 0.15) is 35.7 Å². The van der Waals surface area contributed by atoms with Crippen molar-refractivity contribution in [2.24, 2.45) is 0 Å². The molecule has 0 heterocycles. The van der Waals surface area contributed by atoms with E-state index in [1.807, 2.05) is 0 Å². The third-order valence-electron chi connectivity index (χ3n) is 3.03. The maximum atomic E-state index is 11.0. The van der Waals surface area contributed by atoms with Gasteiger partial charge in [0, 0.05) is 30.5 Å². The number of anilines is 1. The lowest BCUT2D eigenvalue weighted by Gasteiger charge is -2.11. The van der Waals surface area contributed by atoms with Gasteiger partial charge < -0.3 is 15.2 Å². The number of nitrogens with zero attached hydrogens (tertiary/aromatic N) is 1. The van der Waals surface area contributed by atoms with Crippen molar-refractivity contribution in [1.82, 2.24) is 0 Å². The van der Waals surface area contributed by atoms with Gasteiger partial charge in [0.15, 0.2) is 0 Å². The van der Waals surface area contributed by atoms with Gasteiger partial charge in [0.2, 0.25) is 0 Å². The van der Waals surface area contributed by atoms with Crippen molar-refractivity contribution in [3.63, 3.8) is 0 Å². The molecule has 21 heavy (non-hydrogen) atoms. The molecule has 0 radical (unpaired) electrons. The second-order valence-electron chi connectivity index (χ2n) is 4.62. The summed E-state index contributed by atoms with van der Waals surface area (Å²) in [5.41, 5.74) is 0.547. The normalized spacial score (nSPS) is 10.4. The molecule has 0 aliphatic rings. The Kier molecular flexibility index (Phi) is 6.61. The standard InChI is InChI=1S/C14H20N2O5/c1-3-4-6-21-7-5-15-12-8-11(14(17)18)9-13(10(12)2)16(19)20/h8-9,15H,3-7H2,1-2H3,(H,17,18). The molecular weight excluding hydrogens is 276 g/mol. The summed E-state index contributed by atoms with van der Waals surface area (Å²) in [6, 6.07) is 2.47. The maximum Gasteiger partial charge on any atom is 0.336 e. The molecule has 7 nitrogen and oxygen atoms in total. The summed E-state index contributed by atoms with van der Waals surface area (Å²) in [4.78, 5) is 21.4. The minimum Gasteiger partial charge on any atom is -0.478 e. The lowest BCUT2D eigenvalue weighted by Crippen LogP contribution is -2.12.